The normalized spacial score (nSPS) is 27.8. The molecule has 1 amide bonds. The molecule has 1 N–H and O–H groups in total. The number of aryl methyl sites for hydroxylation is 3. The minimum Gasteiger partial charge on any atom is -0.393 e. The minimum atomic E-state index is -0.209. The molecule has 2 saturated heterocycles. The minimum absolute atomic E-state index is 0.209. The van der Waals surface area contributed by atoms with E-state index in [4.69, 9.17) is 0 Å². The van der Waals surface area contributed by atoms with Crippen molar-refractivity contribution in [3.05, 3.63) is 34.9 Å². The van der Waals surface area contributed by atoms with Gasteiger partial charge in [0.25, 0.3) is 0 Å². The molecule has 22 heavy (non-hydrogen) atoms. The lowest BCUT2D eigenvalue weighted by atomic mass is 9.82. The lowest BCUT2D eigenvalue weighted by Crippen LogP contribution is -2.55. The molecular formula is C19H27NO2. The molecule has 3 atom stereocenters. The van der Waals surface area contributed by atoms with E-state index < -0.39 is 0 Å². The van der Waals surface area contributed by atoms with Gasteiger partial charge in [0.15, 0.2) is 0 Å². The van der Waals surface area contributed by atoms with Crippen LogP contribution in [-0.4, -0.2) is 34.1 Å². The molecule has 2 bridgehead atoms. The molecule has 0 spiro atoms. The van der Waals surface area contributed by atoms with Gasteiger partial charge in [-0.2, -0.15) is 0 Å². The zero-order chi connectivity index (χ0) is 15.7. The number of carbonyl (C=O) groups is 1. The Labute approximate surface area is 133 Å². The van der Waals surface area contributed by atoms with E-state index in [2.05, 4.69) is 36.9 Å². The number of hydrogen-bond donors (Lipinski definition) is 1. The number of piperidine rings is 2. The molecule has 0 aliphatic carbocycles. The van der Waals surface area contributed by atoms with Crippen LogP contribution >= 0.6 is 0 Å². The summed E-state index contributed by atoms with van der Waals surface area (Å²) in [6, 6.07) is 7.08. The average Bonchev–Trinajstić information content (AvgIpc) is 2.42. The molecule has 0 aromatic heterocycles. The van der Waals surface area contributed by atoms with Crippen molar-refractivity contribution in [2.45, 2.75) is 77.0 Å². The van der Waals surface area contributed by atoms with E-state index in [-0.39, 0.29) is 24.1 Å². The van der Waals surface area contributed by atoms with Crippen LogP contribution in [0.25, 0.3) is 0 Å². The third kappa shape index (κ3) is 3.35. The van der Waals surface area contributed by atoms with Crippen LogP contribution in [0.3, 0.4) is 0 Å². The average molecular weight is 301 g/mol. The van der Waals surface area contributed by atoms with Crippen molar-refractivity contribution >= 4 is 5.91 Å². The fourth-order valence-corrected chi connectivity index (χ4v) is 4.35. The largest absolute Gasteiger partial charge is 0.393 e. The Balaban J connectivity index is 1.64. The van der Waals surface area contributed by atoms with Crippen LogP contribution in [0.15, 0.2) is 18.2 Å². The molecular weight excluding hydrogens is 274 g/mol. The Hall–Kier alpha value is -1.35. The molecule has 0 saturated carbocycles. The highest BCUT2D eigenvalue weighted by molar-refractivity contribution is 5.77. The van der Waals surface area contributed by atoms with E-state index in [0.717, 1.165) is 32.1 Å². The summed E-state index contributed by atoms with van der Waals surface area (Å²) < 4.78 is 0. The Morgan fingerprint density at radius 3 is 2.32 bits per heavy atom. The highest BCUT2D eigenvalue weighted by atomic mass is 16.3. The number of benzene rings is 1. The van der Waals surface area contributed by atoms with E-state index in [1.54, 1.807) is 0 Å². The molecule has 0 radical (unpaired) electrons. The molecule has 2 heterocycles. The molecule has 3 rings (SSSR count). The number of fused-ring (bicyclic) bond motifs is 2. The van der Waals surface area contributed by atoms with Gasteiger partial charge in [-0.05, 0) is 57.9 Å². The number of hydrogen-bond acceptors (Lipinski definition) is 2. The van der Waals surface area contributed by atoms with Crippen molar-refractivity contribution in [1.29, 1.82) is 0 Å². The zero-order valence-corrected chi connectivity index (χ0v) is 13.7. The van der Waals surface area contributed by atoms with Gasteiger partial charge in [-0.3, -0.25) is 4.79 Å². The lowest BCUT2D eigenvalue weighted by Gasteiger charge is -2.48. The van der Waals surface area contributed by atoms with Gasteiger partial charge in [-0.15, -0.1) is 0 Å². The van der Waals surface area contributed by atoms with Crippen LogP contribution in [0.4, 0.5) is 0 Å². The SMILES string of the molecule is Cc1cc(C)cc(CCC(=O)N2[C@@H]3CCC[C@H]2CC(O)C3)c1. The topological polar surface area (TPSA) is 40.5 Å². The number of aliphatic hydroxyl groups is 1. The predicted molar refractivity (Wildman–Crippen MR) is 87.8 cm³/mol. The third-order valence-electron chi connectivity index (χ3n) is 5.15. The van der Waals surface area contributed by atoms with E-state index in [1.807, 2.05) is 0 Å². The first-order valence-corrected chi connectivity index (χ1v) is 8.59. The fourth-order valence-electron chi connectivity index (χ4n) is 4.35. The summed E-state index contributed by atoms with van der Waals surface area (Å²) in [4.78, 5) is 14.8. The van der Waals surface area contributed by atoms with Gasteiger partial charge in [0.2, 0.25) is 5.91 Å². The van der Waals surface area contributed by atoms with Crippen molar-refractivity contribution in [2.24, 2.45) is 0 Å². The van der Waals surface area contributed by atoms with Gasteiger partial charge in [-0.25, -0.2) is 0 Å². The number of nitrogens with zero attached hydrogens (tertiary/aromatic N) is 1. The van der Waals surface area contributed by atoms with Gasteiger partial charge in [0.05, 0.1) is 6.10 Å². The summed E-state index contributed by atoms with van der Waals surface area (Å²) in [6.07, 6.45) is 6.05. The monoisotopic (exact) mass is 301 g/mol. The molecule has 2 aliphatic rings. The molecule has 2 aliphatic heterocycles. The number of rotatable bonds is 3. The molecule has 1 unspecified atom stereocenters. The Bertz CT molecular complexity index is 520. The van der Waals surface area contributed by atoms with Crippen molar-refractivity contribution < 1.29 is 9.90 Å². The summed E-state index contributed by atoms with van der Waals surface area (Å²) in [5.41, 5.74) is 3.79. The summed E-state index contributed by atoms with van der Waals surface area (Å²) in [5.74, 6) is 0.278. The van der Waals surface area contributed by atoms with Crippen LogP contribution < -0.4 is 0 Å². The number of aliphatic hydroxyl groups excluding tert-OH is 1. The summed E-state index contributed by atoms with van der Waals surface area (Å²) in [7, 11) is 0. The maximum atomic E-state index is 12.7. The predicted octanol–water partition coefficient (Wildman–Crippen LogP) is 3.14. The quantitative estimate of drug-likeness (QED) is 0.931. The first kappa shape index (κ1) is 15.5. The maximum Gasteiger partial charge on any atom is 0.223 e. The first-order valence-electron chi connectivity index (χ1n) is 8.59. The van der Waals surface area contributed by atoms with Gasteiger partial charge >= 0.3 is 0 Å². The molecule has 2 fully saturated rings. The standard InChI is InChI=1S/C19H27NO2/c1-13-8-14(2)10-15(9-13)6-7-19(22)20-16-4-3-5-17(20)12-18(21)11-16/h8-10,16-18,21H,3-7,11-12H2,1-2H3/t16-,17+,18?. The summed E-state index contributed by atoms with van der Waals surface area (Å²) in [6.45, 7) is 4.21. The Morgan fingerprint density at radius 1 is 1.14 bits per heavy atom. The van der Waals surface area contributed by atoms with Gasteiger partial charge in [0, 0.05) is 18.5 Å². The van der Waals surface area contributed by atoms with E-state index >= 15 is 0 Å². The second-order valence-corrected chi connectivity index (χ2v) is 7.16. The first-order chi connectivity index (χ1) is 10.5. The van der Waals surface area contributed by atoms with Gasteiger partial charge < -0.3 is 10.0 Å². The molecule has 1 aromatic carbocycles. The van der Waals surface area contributed by atoms with Crippen molar-refractivity contribution in [2.75, 3.05) is 0 Å². The second-order valence-electron chi connectivity index (χ2n) is 7.16. The van der Waals surface area contributed by atoms with Crippen molar-refractivity contribution in [1.82, 2.24) is 4.90 Å². The Kier molecular flexibility index (Phi) is 4.53. The second kappa shape index (κ2) is 6.41. The van der Waals surface area contributed by atoms with Crippen LogP contribution in [-0.2, 0) is 11.2 Å². The fraction of sp³-hybridized carbons (Fsp3) is 0.632. The summed E-state index contributed by atoms with van der Waals surface area (Å²) in [5, 5.41) is 9.95. The van der Waals surface area contributed by atoms with E-state index in [1.165, 1.54) is 23.1 Å². The number of carbonyl (C=O) groups excluding carboxylic acids is 1. The van der Waals surface area contributed by atoms with Crippen LogP contribution in [0.5, 0.6) is 0 Å². The van der Waals surface area contributed by atoms with E-state index in [0.29, 0.717) is 6.42 Å². The van der Waals surface area contributed by atoms with Crippen molar-refractivity contribution in [3.8, 4) is 0 Å². The zero-order valence-electron chi connectivity index (χ0n) is 13.7. The smallest absolute Gasteiger partial charge is 0.223 e. The molecule has 3 heteroatoms. The molecule has 1 aromatic rings. The Morgan fingerprint density at radius 2 is 1.73 bits per heavy atom. The maximum absolute atomic E-state index is 12.7. The third-order valence-corrected chi connectivity index (χ3v) is 5.15. The molecule has 120 valence electrons. The van der Waals surface area contributed by atoms with Gasteiger partial charge in [0.1, 0.15) is 0 Å². The van der Waals surface area contributed by atoms with Crippen molar-refractivity contribution in [3.63, 3.8) is 0 Å². The van der Waals surface area contributed by atoms with Gasteiger partial charge in [-0.1, -0.05) is 29.3 Å². The van der Waals surface area contributed by atoms with Crippen LogP contribution in [0.2, 0.25) is 0 Å². The van der Waals surface area contributed by atoms with E-state index in [9.17, 15) is 9.90 Å². The van der Waals surface area contributed by atoms with Crippen LogP contribution in [0.1, 0.15) is 55.2 Å². The van der Waals surface area contributed by atoms with Crippen LogP contribution in [0, 0.1) is 13.8 Å². The number of amides is 1. The molecule has 3 nitrogen and oxygen atoms in total. The highest BCUT2D eigenvalue weighted by Gasteiger charge is 2.39. The lowest BCUT2D eigenvalue weighted by molar-refractivity contribution is -0.143. The summed E-state index contributed by atoms with van der Waals surface area (Å²) >= 11 is 0. The highest BCUT2D eigenvalue weighted by Crippen LogP contribution is 2.34.